The molecule has 0 aromatic heterocycles. The average molecular weight is 263 g/mol. The fourth-order valence-corrected chi connectivity index (χ4v) is 2.11. The van der Waals surface area contributed by atoms with Crippen LogP contribution in [0, 0.1) is 6.92 Å². The highest BCUT2D eigenvalue weighted by Gasteiger charge is 2.08. The molecule has 0 aliphatic carbocycles. The molecule has 0 spiro atoms. The number of hydrogen-bond acceptors (Lipinski definition) is 3. The first-order chi connectivity index (χ1) is 8.93. The molecule has 0 fully saturated rings. The van der Waals surface area contributed by atoms with Gasteiger partial charge in [-0.2, -0.15) is 0 Å². The Labute approximate surface area is 116 Å². The zero-order valence-electron chi connectivity index (χ0n) is 12.6. The van der Waals surface area contributed by atoms with E-state index in [1.165, 1.54) is 11.1 Å². The Balaban J connectivity index is 2.88. The summed E-state index contributed by atoms with van der Waals surface area (Å²) in [5.41, 5.74) is 4.39. The number of aryl methyl sites for hydroxylation is 1. The minimum atomic E-state index is -0.0282. The Morgan fingerprint density at radius 1 is 1.32 bits per heavy atom. The van der Waals surface area contributed by atoms with Gasteiger partial charge in [-0.3, -0.25) is 4.79 Å². The van der Waals surface area contributed by atoms with Crippen molar-refractivity contribution >= 4 is 17.3 Å². The molecule has 0 aliphatic rings. The number of likely N-dealkylation sites (N-methyl/N-ethyl adjacent to an activating group) is 1. The molecule has 0 heterocycles. The SMILES string of the molecule is CCc1c(C)cc(NCCN(C)C)cc1NC(C)=O. The van der Waals surface area contributed by atoms with Crippen molar-refractivity contribution < 1.29 is 4.79 Å². The van der Waals surface area contributed by atoms with E-state index in [9.17, 15) is 4.79 Å². The fraction of sp³-hybridized carbons (Fsp3) is 0.533. The molecule has 0 unspecified atom stereocenters. The minimum absolute atomic E-state index is 0.0282. The number of nitrogens with zero attached hydrogens (tertiary/aromatic N) is 1. The van der Waals surface area contributed by atoms with Gasteiger partial charge in [0, 0.05) is 31.4 Å². The largest absolute Gasteiger partial charge is 0.384 e. The topological polar surface area (TPSA) is 44.4 Å². The molecular formula is C15H25N3O. The molecule has 4 heteroatoms. The lowest BCUT2D eigenvalue weighted by molar-refractivity contribution is -0.114. The quantitative estimate of drug-likeness (QED) is 0.829. The minimum Gasteiger partial charge on any atom is -0.384 e. The first-order valence-corrected chi connectivity index (χ1v) is 6.73. The molecule has 19 heavy (non-hydrogen) atoms. The lowest BCUT2D eigenvalue weighted by Crippen LogP contribution is -2.21. The van der Waals surface area contributed by atoms with Crippen molar-refractivity contribution in [2.45, 2.75) is 27.2 Å². The van der Waals surface area contributed by atoms with Crippen LogP contribution in [-0.2, 0) is 11.2 Å². The molecular weight excluding hydrogens is 238 g/mol. The van der Waals surface area contributed by atoms with E-state index < -0.39 is 0 Å². The molecule has 0 saturated carbocycles. The second kappa shape index (κ2) is 7.14. The van der Waals surface area contributed by atoms with Gasteiger partial charge in [-0.05, 0) is 50.7 Å². The maximum Gasteiger partial charge on any atom is 0.221 e. The van der Waals surface area contributed by atoms with E-state index in [0.717, 1.165) is 30.9 Å². The van der Waals surface area contributed by atoms with Crippen LogP contribution in [0.3, 0.4) is 0 Å². The van der Waals surface area contributed by atoms with Gasteiger partial charge in [0.05, 0.1) is 0 Å². The molecule has 2 N–H and O–H groups in total. The van der Waals surface area contributed by atoms with Gasteiger partial charge >= 0.3 is 0 Å². The highest BCUT2D eigenvalue weighted by molar-refractivity contribution is 5.90. The van der Waals surface area contributed by atoms with Crippen molar-refractivity contribution in [3.8, 4) is 0 Å². The van der Waals surface area contributed by atoms with Crippen molar-refractivity contribution in [3.63, 3.8) is 0 Å². The second-order valence-corrected chi connectivity index (χ2v) is 5.08. The van der Waals surface area contributed by atoms with Crippen molar-refractivity contribution in [3.05, 3.63) is 23.3 Å². The molecule has 0 aliphatic heterocycles. The zero-order valence-corrected chi connectivity index (χ0v) is 12.6. The summed E-state index contributed by atoms with van der Waals surface area (Å²) in [5.74, 6) is -0.0282. The summed E-state index contributed by atoms with van der Waals surface area (Å²) in [4.78, 5) is 13.4. The van der Waals surface area contributed by atoms with Crippen LogP contribution in [0.2, 0.25) is 0 Å². The number of carbonyl (C=O) groups excluding carboxylic acids is 1. The molecule has 0 saturated heterocycles. The van der Waals surface area contributed by atoms with Gasteiger partial charge in [-0.15, -0.1) is 0 Å². The molecule has 106 valence electrons. The van der Waals surface area contributed by atoms with Gasteiger partial charge in [0.15, 0.2) is 0 Å². The summed E-state index contributed by atoms with van der Waals surface area (Å²) in [6, 6.07) is 4.16. The molecule has 1 rings (SSSR count). The highest BCUT2D eigenvalue weighted by Crippen LogP contribution is 2.25. The van der Waals surface area contributed by atoms with Crippen LogP contribution in [0.25, 0.3) is 0 Å². The number of benzene rings is 1. The molecule has 1 aromatic rings. The average Bonchev–Trinajstić information content (AvgIpc) is 2.27. The summed E-state index contributed by atoms with van der Waals surface area (Å²) in [7, 11) is 4.10. The Bertz CT molecular complexity index is 441. The van der Waals surface area contributed by atoms with Crippen LogP contribution < -0.4 is 10.6 Å². The third-order valence-electron chi connectivity index (χ3n) is 3.03. The third-order valence-corrected chi connectivity index (χ3v) is 3.03. The van der Waals surface area contributed by atoms with E-state index in [1.54, 1.807) is 6.92 Å². The fourth-order valence-electron chi connectivity index (χ4n) is 2.11. The Kier molecular flexibility index (Phi) is 5.83. The van der Waals surface area contributed by atoms with E-state index in [-0.39, 0.29) is 5.91 Å². The summed E-state index contributed by atoms with van der Waals surface area (Å²) in [5, 5.41) is 6.30. The van der Waals surface area contributed by atoms with E-state index in [4.69, 9.17) is 0 Å². The number of carbonyl (C=O) groups is 1. The lowest BCUT2D eigenvalue weighted by Gasteiger charge is -2.16. The van der Waals surface area contributed by atoms with Gasteiger partial charge in [-0.25, -0.2) is 0 Å². The van der Waals surface area contributed by atoms with Crippen molar-refractivity contribution in [2.75, 3.05) is 37.8 Å². The summed E-state index contributed by atoms with van der Waals surface area (Å²) < 4.78 is 0. The Morgan fingerprint density at radius 2 is 2.00 bits per heavy atom. The Morgan fingerprint density at radius 3 is 2.53 bits per heavy atom. The molecule has 0 bridgehead atoms. The smallest absolute Gasteiger partial charge is 0.221 e. The van der Waals surface area contributed by atoms with Crippen LogP contribution in [0.15, 0.2) is 12.1 Å². The van der Waals surface area contributed by atoms with Crippen molar-refractivity contribution in [1.82, 2.24) is 4.90 Å². The molecule has 0 radical (unpaired) electrons. The lowest BCUT2D eigenvalue weighted by atomic mass is 10.0. The van der Waals surface area contributed by atoms with Gasteiger partial charge in [0.2, 0.25) is 5.91 Å². The maximum absolute atomic E-state index is 11.3. The number of amides is 1. The van der Waals surface area contributed by atoms with Gasteiger partial charge in [0.25, 0.3) is 0 Å². The van der Waals surface area contributed by atoms with Crippen LogP contribution in [-0.4, -0.2) is 38.0 Å². The predicted octanol–water partition coefficient (Wildman–Crippen LogP) is 2.49. The molecule has 0 atom stereocenters. The van der Waals surface area contributed by atoms with E-state index in [0.29, 0.717) is 0 Å². The van der Waals surface area contributed by atoms with E-state index >= 15 is 0 Å². The normalized spacial score (nSPS) is 10.6. The monoisotopic (exact) mass is 263 g/mol. The number of anilines is 2. The number of hydrogen-bond donors (Lipinski definition) is 2. The van der Waals surface area contributed by atoms with Crippen LogP contribution in [0.1, 0.15) is 25.0 Å². The van der Waals surface area contributed by atoms with Gasteiger partial charge < -0.3 is 15.5 Å². The van der Waals surface area contributed by atoms with Crippen LogP contribution in [0.5, 0.6) is 0 Å². The summed E-state index contributed by atoms with van der Waals surface area (Å²) in [6.07, 6.45) is 0.916. The zero-order chi connectivity index (χ0) is 14.4. The van der Waals surface area contributed by atoms with Crippen LogP contribution in [0.4, 0.5) is 11.4 Å². The third kappa shape index (κ3) is 4.91. The first kappa shape index (κ1) is 15.5. The Hall–Kier alpha value is -1.55. The maximum atomic E-state index is 11.3. The standard InChI is InChI=1S/C15H25N3O/c1-6-14-11(2)9-13(16-7-8-18(4)5)10-15(14)17-12(3)19/h9-10,16H,6-8H2,1-5H3,(H,17,19). The summed E-state index contributed by atoms with van der Waals surface area (Å²) >= 11 is 0. The van der Waals surface area contributed by atoms with Gasteiger partial charge in [0.1, 0.15) is 0 Å². The molecule has 4 nitrogen and oxygen atoms in total. The predicted molar refractivity (Wildman–Crippen MR) is 81.9 cm³/mol. The van der Waals surface area contributed by atoms with Crippen LogP contribution >= 0.6 is 0 Å². The van der Waals surface area contributed by atoms with E-state index in [2.05, 4.69) is 49.5 Å². The highest BCUT2D eigenvalue weighted by atomic mass is 16.1. The number of rotatable bonds is 6. The molecule has 1 amide bonds. The summed E-state index contributed by atoms with van der Waals surface area (Å²) in [6.45, 7) is 7.59. The second-order valence-electron chi connectivity index (χ2n) is 5.08. The van der Waals surface area contributed by atoms with Gasteiger partial charge in [-0.1, -0.05) is 6.92 Å². The van der Waals surface area contributed by atoms with Crippen molar-refractivity contribution in [2.24, 2.45) is 0 Å². The van der Waals surface area contributed by atoms with Crippen molar-refractivity contribution in [1.29, 1.82) is 0 Å². The molecule has 1 aromatic carbocycles. The number of nitrogens with one attached hydrogen (secondary N) is 2. The first-order valence-electron chi connectivity index (χ1n) is 6.73. The van der Waals surface area contributed by atoms with E-state index in [1.807, 2.05) is 6.07 Å².